The van der Waals surface area contributed by atoms with Crippen molar-refractivity contribution >= 4 is 24.6 Å². The van der Waals surface area contributed by atoms with Crippen LogP contribution in [0.4, 0.5) is 0 Å². The maximum atomic E-state index is 10.5. The third kappa shape index (κ3) is 6.27. The molecule has 5 nitrogen and oxygen atoms in total. The van der Waals surface area contributed by atoms with Gasteiger partial charge in [-0.25, -0.2) is 0 Å². The van der Waals surface area contributed by atoms with Crippen LogP contribution in [0.2, 0.25) is 0 Å². The topological polar surface area (TPSA) is 102 Å². The van der Waals surface area contributed by atoms with E-state index in [1.807, 2.05) is 0 Å². The average Bonchev–Trinajstić information content (AvgIpc) is 2.03. The van der Waals surface area contributed by atoms with Crippen LogP contribution < -0.4 is 11.5 Å². The van der Waals surface area contributed by atoms with Crippen LogP contribution in [0.1, 0.15) is 12.8 Å². The SMILES string of the molecule is NC(N)=NCCC[C@H](CS)C(=O)O. The first kappa shape index (κ1) is 12.1. The number of aliphatic carboxylic acids is 1. The maximum Gasteiger partial charge on any atom is 0.307 e. The molecule has 0 aliphatic carbocycles. The van der Waals surface area contributed by atoms with Crippen molar-refractivity contribution in [3.05, 3.63) is 0 Å². The highest BCUT2D eigenvalue weighted by Gasteiger charge is 2.14. The summed E-state index contributed by atoms with van der Waals surface area (Å²) in [4.78, 5) is 14.3. The Kier molecular flexibility index (Phi) is 6.13. The molecule has 0 aliphatic rings. The number of hydrogen-bond acceptors (Lipinski definition) is 3. The van der Waals surface area contributed by atoms with Gasteiger partial charge < -0.3 is 16.6 Å². The molecule has 0 rings (SSSR count). The fourth-order valence-corrected chi connectivity index (χ4v) is 1.18. The van der Waals surface area contributed by atoms with Crippen LogP contribution in [-0.2, 0) is 4.79 Å². The number of nitrogens with zero attached hydrogens (tertiary/aromatic N) is 1. The summed E-state index contributed by atoms with van der Waals surface area (Å²) in [5.41, 5.74) is 10.2. The van der Waals surface area contributed by atoms with Gasteiger partial charge in [-0.15, -0.1) is 0 Å². The van der Waals surface area contributed by atoms with Crippen molar-refractivity contribution in [2.45, 2.75) is 12.8 Å². The quantitative estimate of drug-likeness (QED) is 0.206. The Morgan fingerprint density at radius 3 is 2.54 bits per heavy atom. The number of nitrogens with two attached hydrogens (primary N) is 2. The zero-order chi connectivity index (χ0) is 10.3. The Labute approximate surface area is 82.6 Å². The summed E-state index contributed by atoms with van der Waals surface area (Å²) in [7, 11) is 0. The summed E-state index contributed by atoms with van der Waals surface area (Å²) >= 11 is 3.93. The Balaban J connectivity index is 3.62. The highest BCUT2D eigenvalue weighted by atomic mass is 32.1. The third-order valence-corrected chi connectivity index (χ3v) is 2.02. The van der Waals surface area contributed by atoms with Gasteiger partial charge in [0.15, 0.2) is 5.96 Å². The van der Waals surface area contributed by atoms with Crippen LogP contribution >= 0.6 is 12.6 Å². The van der Waals surface area contributed by atoms with E-state index >= 15 is 0 Å². The highest BCUT2D eigenvalue weighted by molar-refractivity contribution is 7.80. The lowest BCUT2D eigenvalue weighted by atomic mass is 10.1. The van der Waals surface area contributed by atoms with Crippen molar-refractivity contribution in [2.75, 3.05) is 12.3 Å². The van der Waals surface area contributed by atoms with E-state index in [4.69, 9.17) is 16.6 Å². The molecule has 0 spiro atoms. The monoisotopic (exact) mass is 205 g/mol. The zero-order valence-electron chi connectivity index (χ0n) is 7.31. The van der Waals surface area contributed by atoms with Crippen LogP contribution in [-0.4, -0.2) is 29.3 Å². The van der Waals surface area contributed by atoms with E-state index in [1.54, 1.807) is 0 Å². The number of rotatable bonds is 6. The van der Waals surface area contributed by atoms with Crippen molar-refractivity contribution in [2.24, 2.45) is 22.4 Å². The Bertz CT molecular complexity index is 192. The Hall–Kier alpha value is -0.910. The van der Waals surface area contributed by atoms with Crippen LogP contribution in [0.15, 0.2) is 4.99 Å². The molecule has 0 aliphatic heterocycles. The van der Waals surface area contributed by atoms with E-state index in [0.717, 1.165) is 0 Å². The molecule has 0 aromatic rings. The van der Waals surface area contributed by atoms with Gasteiger partial charge in [-0.1, -0.05) is 0 Å². The number of thiol groups is 1. The maximum absolute atomic E-state index is 10.5. The second-order valence-corrected chi connectivity index (χ2v) is 3.03. The molecule has 0 fully saturated rings. The summed E-state index contributed by atoms with van der Waals surface area (Å²) in [6.07, 6.45) is 1.21. The smallest absolute Gasteiger partial charge is 0.307 e. The number of aliphatic imine (C=N–C) groups is 1. The molecule has 0 saturated carbocycles. The lowest BCUT2D eigenvalue weighted by Crippen LogP contribution is -2.23. The van der Waals surface area contributed by atoms with Crippen LogP contribution in [0, 0.1) is 5.92 Å². The van der Waals surface area contributed by atoms with Gasteiger partial charge in [0.1, 0.15) is 0 Å². The first-order valence-corrected chi connectivity index (χ1v) is 4.60. The summed E-state index contributed by atoms with van der Waals surface area (Å²) < 4.78 is 0. The molecule has 76 valence electrons. The Morgan fingerprint density at radius 1 is 1.54 bits per heavy atom. The van der Waals surface area contributed by atoms with Gasteiger partial charge in [0, 0.05) is 12.3 Å². The predicted octanol–water partition coefficient (Wildman–Crippen LogP) is -0.329. The largest absolute Gasteiger partial charge is 0.481 e. The summed E-state index contributed by atoms with van der Waals surface area (Å²) in [5.74, 6) is -0.841. The first-order chi connectivity index (χ1) is 6.07. The minimum Gasteiger partial charge on any atom is -0.481 e. The molecule has 0 radical (unpaired) electrons. The number of hydrogen-bond donors (Lipinski definition) is 4. The van der Waals surface area contributed by atoms with Crippen LogP contribution in [0.3, 0.4) is 0 Å². The predicted molar refractivity (Wildman–Crippen MR) is 54.9 cm³/mol. The lowest BCUT2D eigenvalue weighted by Gasteiger charge is -2.06. The molecule has 0 unspecified atom stereocenters. The van der Waals surface area contributed by atoms with Crippen LogP contribution in [0.25, 0.3) is 0 Å². The van der Waals surface area contributed by atoms with Crippen molar-refractivity contribution in [3.63, 3.8) is 0 Å². The number of guanidine groups is 1. The molecule has 0 aromatic carbocycles. The normalized spacial score (nSPS) is 12.1. The van der Waals surface area contributed by atoms with Gasteiger partial charge in [0.2, 0.25) is 0 Å². The van der Waals surface area contributed by atoms with Crippen molar-refractivity contribution in [3.8, 4) is 0 Å². The average molecular weight is 205 g/mol. The minimum absolute atomic E-state index is 0.0396. The van der Waals surface area contributed by atoms with Gasteiger partial charge in [-0.3, -0.25) is 9.79 Å². The van der Waals surface area contributed by atoms with E-state index in [0.29, 0.717) is 25.1 Å². The second kappa shape index (κ2) is 6.59. The van der Waals surface area contributed by atoms with E-state index in [1.165, 1.54) is 0 Å². The summed E-state index contributed by atoms with van der Waals surface area (Å²) in [6, 6.07) is 0. The second-order valence-electron chi connectivity index (χ2n) is 2.67. The van der Waals surface area contributed by atoms with Gasteiger partial charge in [0.25, 0.3) is 0 Å². The van der Waals surface area contributed by atoms with E-state index in [2.05, 4.69) is 17.6 Å². The number of carbonyl (C=O) groups is 1. The Morgan fingerprint density at radius 2 is 2.15 bits per heavy atom. The van der Waals surface area contributed by atoms with Gasteiger partial charge in [-0.05, 0) is 12.8 Å². The first-order valence-electron chi connectivity index (χ1n) is 3.97. The van der Waals surface area contributed by atoms with Gasteiger partial charge in [-0.2, -0.15) is 12.6 Å². The molecule has 13 heavy (non-hydrogen) atoms. The lowest BCUT2D eigenvalue weighted by molar-refractivity contribution is -0.141. The van der Waals surface area contributed by atoms with Crippen molar-refractivity contribution in [1.82, 2.24) is 0 Å². The molecular weight excluding hydrogens is 190 g/mol. The van der Waals surface area contributed by atoms with Crippen molar-refractivity contribution in [1.29, 1.82) is 0 Å². The molecule has 0 bridgehead atoms. The fourth-order valence-electron chi connectivity index (χ4n) is 0.839. The molecule has 0 aromatic heterocycles. The fraction of sp³-hybridized carbons (Fsp3) is 0.714. The minimum atomic E-state index is -0.820. The van der Waals surface area contributed by atoms with E-state index in [-0.39, 0.29) is 5.96 Å². The van der Waals surface area contributed by atoms with E-state index < -0.39 is 11.9 Å². The zero-order valence-corrected chi connectivity index (χ0v) is 8.20. The molecule has 0 heterocycles. The molecule has 6 heteroatoms. The van der Waals surface area contributed by atoms with Crippen molar-refractivity contribution < 1.29 is 9.90 Å². The molecule has 5 N–H and O–H groups in total. The highest BCUT2D eigenvalue weighted by Crippen LogP contribution is 2.08. The number of carboxylic acids is 1. The van der Waals surface area contributed by atoms with Gasteiger partial charge >= 0.3 is 5.97 Å². The molecule has 0 saturated heterocycles. The molecule has 1 atom stereocenters. The number of carboxylic acid groups (broad SMARTS) is 1. The summed E-state index contributed by atoms with van der Waals surface area (Å²) in [6.45, 7) is 0.472. The standard InChI is InChI=1S/C7H15N3O2S/c8-7(9)10-3-1-2-5(4-13)6(11)12/h5,13H,1-4H2,(H,11,12)(H4,8,9,10)/t5-/m1/s1. The van der Waals surface area contributed by atoms with E-state index in [9.17, 15) is 4.79 Å². The third-order valence-electron chi connectivity index (χ3n) is 1.57. The molecule has 0 amide bonds. The van der Waals surface area contributed by atoms with Crippen LogP contribution in [0.5, 0.6) is 0 Å². The van der Waals surface area contributed by atoms with Gasteiger partial charge in [0.05, 0.1) is 5.92 Å². The summed E-state index contributed by atoms with van der Waals surface area (Å²) in [5, 5.41) is 8.65. The molecular formula is C7H15N3O2S.